The van der Waals surface area contributed by atoms with E-state index in [0.29, 0.717) is 28.2 Å². The zero-order valence-corrected chi connectivity index (χ0v) is 8.18. The minimum Gasteiger partial charge on any atom is -0.507 e. The quantitative estimate of drug-likeness (QED) is 0.652. The molecule has 3 N–H and O–H groups in total. The van der Waals surface area contributed by atoms with Crippen LogP contribution in [0.4, 0.5) is 5.69 Å². The Labute approximate surface area is 90.1 Å². The van der Waals surface area contributed by atoms with E-state index in [4.69, 9.17) is 14.7 Å². The van der Waals surface area contributed by atoms with Gasteiger partial charge in [-0.15, -0.1) is 0 Å². The summed E-state index contributed by atoms with van der Waals surface area (Å²) >= 11 is 0. The fourth-order valence-corrected chi connectivity index (χ4v) is 1.59. The summed E-state index contributed by atoms with van der Waals surface area (Å²) in [6.07, 6.45) is 1.41. The summed E-state index contributed by atoms with van der Waals surface area (Å²) in [6, 6.07) is 6.71. The van der Waals surface area contributed by atoms with Crippen molar-refractivity contribution in [3.63, 3.8) is 0 Å². The predicted octanol–water partition coefficient (Wildman–Crippen LogP) is 2.38. The molecular weight excluding hydrogens is 208 g/mol. The van der Waals surface area contributed by atoms with Gasteiger partial charge in [0.1, 0.15) is 17.0 Å². The molecule has 5 heteroatoms. The van der Waals surface area contributed by atoms with Gasteiger partial charge in [-0.25, -0.2) is 0 Å². The second kappa shape index (κ2) is 3.03. The molecule has 0 fully saturated rings. The van der Waals surface area contributed by atoms with Crippen LogP contribution in [0.15, 0.2) is 39.4 Å². The van der Waals surface area contributed by atoms with E-state index in [-0.39, 0.29) is 5.75 Å². The lowest BCUT2D eigenvalue weighted by atomic mass is 10.2. The van der Waals surface area contributed by atoms with Gasteiger partial charge in [-0.3, -0.25) is 0 Å². The number of aromatic hydroxyl groups is 1. The summed E-state index contributed by atoms with van der Waals surface area (Å²) in [5.41, 5.74) is 6.63. The molecule has 2 heterocycles. The van der Waals surface area contributed by atoms with Crippen molar-refractivity contribution in [2.45, 2.75) is 0 Å². The molecule has 0 unspecified atom stereocenters. The molecule has 0 amide bonds. The van der Waals surface area contributed by atoms with Gasteiger partial charge >= 0.3 is 0 Å². The standard InChI is InChI=1S/C11H8N2O3/c12-7-5-13-16-11(7)10-4-6-8(14)2-1-3-9(6)15-10/h1-5,14H,12H2. The molecule has 3 rings (SSSR count). The number of hydrogen-bond donors (Lipinski definition) is 2. The van der Waals surface area contributed by atoms with Crippen molar-refractivity contribution < 1.29 is 14.0 Å². The van der Waals surface area contributed by atoms with Gasteiger partial charge in [0.15, 0.2) is 5.76 Å². The molecule has 3 aromatic rings. The van der Waals surface area contributed by atoms with Crippen molar-refractivity contribution in [3.8, 4) is 17.3 Å². The van der Waals surface area contributed by atoms with E-state index in [0.717, 1.165) is 0 Å². The molecule has 0 saturated carbocycles. The number of phenols is 1. The number of phenolic OH excluding ortho intramolecular Hbond substituents is 1. The van der Waals surface area contributed by atoms with Gasteiger partial charge in [0, 0.05) is 0 Å². The third-order valence-electron chi connectivity index (χ3n) is 2.36. The number of furan rings is 1. The van der Waals surface area contributed by atoms with Crippen LogP contribution >= 0.6 is 0 Å². The van der Waals surface area contributed by atoms with Crippen LogP contribution in [0.25, 0.3) is 22.5 Å². The van der Waals surface area contributed by atoms with Crippen LogP contribution in [0, 0.1) is 0 Å². The van der Waals surface area contributed by atoms with E-state index in [1.165, 1.54) is 6.20 Å². The lowest BCUT2D eigenvalue weighted by Crippen LogP contribution is -1.82. The highest BCUT2D eigenvalue weighted by atomic mass is 16.5. The molecular formula is C11H8N2O3. The third kappa shape index (κ3) is 1.15. The van der Waals surface area contributed by atoms with Gasteiger partial charge in [-0.2, -0.15) is 0 Å². The number of fused-ring (bicyclic) bond motifs is 1. The van der Waals surface area contributed by atoms with Gasteiger partial charge in [-0.1, -0.05) is 11.2 Å². The SMILES string of the molecule is Nc1cnoc1-c1cc2c(O)cccc2o1. The first-order chi connectivity index (χ1) is 7.75. The second-order valence-corrected chi connectivity index (χ2v) is 3.41. The van der Waals surface area contributed by atoms with Crippen LogP contribution in [0.5, 0.6) is 5.75 Å². The summed E-state index contributed by atoms with van der Waals surface area (Å²) in [5.74, 6) is 0.979. The molecule has 0 bridgehead atoms. The number of hydrogen-bond acceptors (Lipinski definition) is 5. The normalized spacial score (nSPS) is 11.0. The molecule has 80 valence electrons. The van der Waals surface area contributed by atoms with Crippen molar-refractivity contribution in [1.29, 1.82) is 0 Å². The van der Waals surface area contributed by atoms with Crippen LogP contribution in [0.2, 0.25) is 0 Å². The number of anilines is 1. The van der Waals surface area contributed by atoms with Gasteiger partial charge in [0.2, 0.25) is 5.76 Å². The van der Waals surface area contributed by atoms with Crippen molar-refractivity contribution >= 4 is 16.7 Å². The van der Waals surface area contributed by atoms with Crippen LogP contribution in [0.1, 0.15) is 0 Å². The zero-order chi connectivity index (χ0) is 11.1. The summed E-state index contributed by atoms with van der Waals surface area (Å²) in [6.45, 7) is 0. The van der Waals surface area contributed by atoms with Crippen molar-refractivity contribution in [2.75, 3.05) is 5.73 Å². The molecule has 0 spiro atoms. The minimum atomic E-state index is 0.158. The predicted molar refractivity (Wildman–Crippen MR) is 57.8 cm³/mol. The van der Waals surface area contributed by atoms with Gasteiger partial charge < -0.3 is 19.8 Å². The lowest BCUT2D eigenvalue weighted by molar-refractivity contribution is 0.421. The second-order valence-electron chi connectivity index (χ2n) is 3.41. The van der Waals surface area contributed by atoms with E-state index < -0.39 is 0 Å². The smallest absolute Gasteiger partial charge is 0.224 e. The molecule has 0 atom stereocenters. The monoisotopic (exact) mass is 216 g/mol. The Balaban J connectivity index is 2.27. The number of benzene rings is 1. The van der Waals surface area contributed by atoms with Crippen molar-refractivity contribution in [2.24, 2.45) is 0 Å². The first kappa shape index (κ1) is 8.84. The van der Waals surface area contributed by atoms with E-state index in [2.05, 4.69) is 5.16 Å². The molecule has 0 aliphatic carbocycles. The Kier molecular flexibility index (Phi) is 1.67. The molecule has 0 aliphatic rings. The van der Waals surface area contributed by atoms with Crippen molar-refractivity contribution in [1.82, 2.24) is 5.16 Å². The maximum absolute atomic E-state index is 9.61. The fourth-order valence-electron chi connectivity index (χ4n) is 1.59. The third-order valence-corrected chi connectivity index (χ3v) is 2.36. The number of nitrogens with two attached hydrogens (primary N) is 1. The Morgan fingerprint density at radius 3 is 2.88 bits per heavy atom. The first-order valence-corrected chi connectivity index (χ1v) is 4.68. The molecule has 16 heavy (non-hydrogen) atoms. The van der Waals surface area contributed by atoms with Gasteiger partial charge in [0.05, 0.1) is 11.6 Å². The topological polar surface area (TPSA) is 85.4 Å². The van der Waals surface area contributed by atoms with Crippen LogP contribution in [-0.4, -0.2) is 10.3 Å². The lowest BCUT2D eigenvalue weighted by Gasteiger charge is -1.90. The average molecular weight is 216 g/mol. The Bertz CT molecular complexity index is 654. The van der Waals surface area contributed by atoms with Crippen molar-refractivity contribution in [3.05, 3.63) is 30.5 Å². The summed E-state index contributed by atoms with van der Waals surface area (Å²) < 4.78 is 10.5. The van der Waals surface area contributed by atoms with E-state index in [1.54, 1.807) is 24.3 Å². The van der Waals surface area contributed by atoms with E-state index in [9.17, 15) is 5.11 Å². The molecule has 1 aromatic carbocycles. The Hall–Kier alpha value is -2.43. The molecule has 2 aromatic heterocycles. The zero-order valence-electron chi connectivity index (χ0n) is 8.18. The molecule has 0 radical (unpaired) electrons. The Morgan fingerprint density at radius 2 is 2.19 bits per heavy atom. The summed E-state index contributed by atoms with van der Waals surface area (Å²) in [4.78, 5) is 0. The minimum absolute atomic E-state index is 0.158. The number of nitrogen functional groups attached to an aromatic ring is 1. The van der Waals surface area contributed by atoms with Gasteiger partial charge in [0.25, 0.3) is 0 Å². The number of aromatic nitrogens is 1. The molecule has 0 aliphatic heterocycles. The first-order valence-electron chi connectivity index (χ1n) is 4.68. The summed E-state index contributed by atoms with van der Waals surface area (Å²) in [7, 11) is 0. The average Bonchev–Trinajstić information content (AvgIpc) is 2.84. The maximum atomic E-state index is 9.61. The molecule has 0 saturated heterocycles. The highest BCUT2D eigenvalue weighted by Crippen LogP contribution is 2.34. The fraction of sp³-hybridized carbons (Fsp3) is 0. The maximum Gasteiger partial charge on any atom is 0.224 e. The summed E-state index contributed by atoms with van der Waals surface area (Å²) in [5, 5.41) is 13.8. The highest BCUT2D eigenvalue weighted by Gasteiger charge is 2.14. The number of rotatable bonds is 1. The highest BCUT2D eigenvalue weighted by molar-refractivity contribution is 5.88. The number of nitrogens with zero attached hydrogens (tertiary/aromatic N) is 1. The van der Waals surface area contributed by atoms with E-state index >= 15 is 0 Å². The van der Waals surface area contributed by atoms with Gasteiger partial charge in [-0.05, 0) is 18.2 Å². The van der Waals surface area contributed by atoms with Crippen LogP contribution in [-0.2, 0) is 0 Å². The van der Waals surface area contributed by atoms with Crippen LogP contribution in [0.3, 0.4) is 0 Å². The largest absolute Gasteiger partial charge is 0.507 e. The molecule has 5 nitrogen and oxygen atoms in total. The van der Waals surface area contributed by atoms with Crippen LogP contribution < -0.4 is 5.73 Å². The van der Waals surface area contributed by atoms with E-state index in [1.807, 2.05) is 0 Å². The Morgan fingerprint density at radius 1 is 1.31 bits per heavy atom.